The summed E-state index contributed by atoms with van der Waals surface area (Å²) in [7, 11) is 0. The lowest BCUT2D eigenvalue weighted by atomic mass is 9.81. The number of benzene rings is 2. The highest BCUT2D eigenvalue weighted by Crippen LogP contribution is 2.30. The molecule has 3 aromatic rings. The van der Waals surface area contributed by atoms with Gasteiger partial charge >= 0.3 is 0 Å². The van der Waals surface area contributed by atoms with Crippen LogP contribution in [0.25, 0.3) is 0 Å². The number of allylic oxidation sites excluding steroid dienone is 2. The molecule has 1 aliphatic rings. The number of anilines is 1. The maximum Gasteiger partial charge on any atom is 0.229 e. The molecule has 0 aliphatic heterocycles. The number of aromatic nitrogens is 1. The molecule has 1 aliphatic carbocycles. The molecule has 5 nitrogen and oxygen atoms in total. The molecule has 2 unspecified atom stereocenters. The van der Waals surface area contributed by atoms with E-state index in [1.807, 2.05) is 83.8 Å². The van der Waals surface area contributed by atoms with Crippen molar-refractivity contribution in [3.8, 4) is 0 Å². The number of nitrogens with one attached hydrogen (secondary N) is 1. The van der Waals surface area contributed by atoms with E-state index in [1.54, 1.807) is 18.3 Å². The van der Waals surface area contributed by atoms with Gasteiger partial charge < -0.3 is 10.2 Å². The van der Waals surface area contributed by atoms with E-state index in [-0.39, 0.29) is 11.8 Å². The highest BCUT2D eigenvalue weighted by Gasteiger charge is 2.36. The minimum Gasteiger partial charge on any atom is -0.334 e. The summed E-state index contributed by atoms with van der Waals surface area (Å²) in [5.41, 5.74) is 2.13. The van der Waals surface area contributed by atoms with Gasteiger partial charge in [0.05, 0.1) is 11.8 Å². The van der Waals surface area contributed by atoms with Crippen LogP contribution in [0.2, 0.25) is 0 Å². The first-order valence-electron chi connectivity index (χ1n) is 10.9. The average molecular weight is 426 g/mol. The minimum atomic E-state index is -0.427. The Morgan fingerprint density at radius 1 is 0.781 bits per heavy atom. The molecule has 0 radical (unpaired) electrons. The molecule has 2 amide bonds. The van der Waals surface area contributed by atoms with Crippen molar-refractivity contribution in [2.24, 2.45) is 11.8 Å². The smallest absolute Gasteiger partial charge is 0.229 e. The van der Waals surface area contributed by atoms with Crippen LogP contribution in [0.4, 0.5) is 5.82 Å². The van der Waals surface area contributed by atoms with E-state index in [0.717, 1.165) is 11.1 Å². The number of carbonyl (C=O) groups is 2. The van der Waals surface area contributed by atoms with Gasteiger partial charge in [0.25, 0.3) is 0 Å². The molecule has 0 saturated carbocycles. The van der Waals surface area contributed by atoms with Gasteiger partial charge in [-0.2, -0.15) is 0 Å². The van der Waals surface area contributed by atoms with Crippen molar-refractivity contribution in [2.45, 2.75) is 25.9 Å². The van der Waals surface area contributed by atoms with Crippen LogP contribution in [0.5, 0.6) is 0 Å². The van der Waals surface area contributed by atoms with Crippen molar-refractivity contribution < 1.29 is 9.59 Å². The second kappa shape index (κ2) is 10.5. The molecule has 1 N–H and O–H groups in total. The molecule has 1 heterocycles. The van der Waals surface area contributed by atoms with Crippen LogP contribution < -0.4 is 5.32 Å². The molecule has 1 aromatic heterocycles. The zero-order valence-electron chi connectivity index (χ0n) is 17.9. The molecule has 0 spiro atoms. The second-order valence-corrected chi connectivity index (χ2v) is 8.03. The molecule has 162 valence electrons. The maximum absolute atomic E-state index is 13.8. The number of carbonyl (C=O) groups excluding carboxylic acids is 2. The van der Waals surface area contributed by atoms with Gasteiger partial charge in [0.2, 0.25) is 11.8 Å². The van der Waals surface area contributed by atoms with Gasteiger partial charge in [-0.25, -0.2) is 4.98 Å². The molecule has 0 saturated heterocycles. The molecule has 2 atom stereocenters. The predicted molar refractivity (Wildman–Crippen MR) is 125 cm³/mol. The lowest BCUT2D eigenvalue weighted by Gasteiger charge is -2.32. The fourth-order valence-corrected chi connectivity index (χ4v) is 4.09. The minimum absolute atomic E-state index is 0.00299. The monoisotopic (exact) mass is 425 g/mol. The van der Waals surface area contributed by atoms with Gasteiger partial charge in [0.1, 0.15) is 5.82 Å². The third-order valence-corrected chi connectivity index (χ3v) is 5.75. The van der Waals surface area contributed by atoms with Crippen LogP contribution in [0.15, 0.2) is 97.2 Å². The topological polar surface area (TPSA) is 62.3 Å². The summed E-state index contributed by atoms with van der Waals surface area (Å²) >= 11 is 0. The largest absolute Gasteiger partial charge is 0.334 e. The highest BCUT2D eigenvalue weighted by molar-refractivity contribution is 5.95. The van der Waals surface area contributed by atoms with Crippen LogP contribution in [0.1, 0.15) is 24.0 Å². The lowest BCUT2D eigenvalue weighted by molar-refractivity contribution is -0.142. The first-order chi connectivity index (χ1) is 15.7. The summed E-state index contributed by atoms with van der Waals surface area (Å²) in [5, 5.41) is 2.88. The van der Waals surface area contributed by atoms with E-state index in [2.05, 4.69) is 10.3 Å². The second-order valence-electron chi connectivity index (χ2n) is 8.03. The molecule has 5 heteroatoms. The van der Waals surface area contributed by atoms with Crippen LogP contribution in [0, 0.1) is 11.8 Å². The standard InChI is InChI=1S/C27H27N3O2/c31-26(29-25-17-9-10-18-28-25)23-15-7-8-16-24(23)27(32)30(19-21-11-3-1-4-12-21)20-22-13-5-2-6-14-22/h1-14,17-18,23-24H,15-16,19-20H2,(H,28,29,31). The third-order valence-electron chi connectivity index (χ3n) is 5.75. The van der Waals surface area contributed by atoms with Crippen molar-refractivity contribution in [3.05, 3.63) is 108 Å². The summed E-state index contributed by atoms with van der Waals surface area (Å²) in [4.78, 5) is 32.9. The summed E-state index contributed by atoms with van der Waals surface area (Å²) in [6, 6.07) is 25.3. The quantitative estimate of drug-likeness (QED) is 0.552. The SMILES string of the molecule is O=C(Nc1ccccn1)C1CC=CCC1C(=O)N(Cc1ccccc1)Cc1ccccc1. The van der Waals surface area contributed by atoms with Gasteiger partial charge in [-0.15, -0.1) is 0 Å². The Kier molecular flexibility index (Phi) is 7.08. The molecule has 0 fully saturated rings. The molecule has 4 rings (SSSR count). The Morgan fingerprint density at radius 3 is 1.91 bits per heavy atom. The molecular weight excluding hydrogens is 398 g/mol. The fourth-order valence-electron chi connectivity index (χ4n) is 4.09. The summed E-state index contributed by atoms with van der Waals surface area (Å²) < 4.78 is 0. The summed E-state index contributed by atoms with van der Waals surface area (Å²) in [5.74, 6) is -0.489. The Labute approximate surface area is 188 Å². The lowest BCUT2D eigenvalue weighted by Crippen LogP contribution is -2.42. The summed E-state index contributed by atoms with van der Waals surface area (Å²) in [6.45, 7) is 1.01. The van der Waals surface area contributed by atoms with E-state index in [1.165, 1.54) is 0 Å². The van der Waals surface area contributed by atoms with Crippen LogP contribution in [-0.2, 0) is 22.7 Å². The van der Waals surface area contributed by atoms with Gasteiger partial charge in [-0.05, 0) is 36.1 Å². The average Bonchev–Trinajstić information content (AvgIpc) is 2.85. The van der Waals surface area contributed by atoms with Crippen LogP contribution >= 0.6 is 0 Å². The van der Waals surface area contributed by atoms with Crippen molar-refractivity contribution in [1.82, 2.24) is 9.88 Å². The molecule has 0 bridgehead atoms. The highest BCUT2D eigenvalue weighted by atomic mass is 16.2. The normalized spacial score (nSPS) is 17.5. The van der Waals surface area contributed by atoms with Gasteiger partial charge in [-0.1, -0.05) is 78.9 Å². The number of nitrogens with zero attached hydrogens (tertiary/aromatic N) is 2. The van der Waals surface area contributed by atoms with Gasteiger partial charge in [0, 0.05) is 19.3 Å². The zero-order chi connectivity index (χ0) is 22.2. The van der Waals surface area contributed by atoms with Crippen LogP contribution in [0.3, 0.4) is 0 Å². The predicted octanol–water partition coefficient (Wildman–Crippen LogP) is 4.83. The maximum atomic E-state index is 13.8. The van der Waals surface area contributed by atoms with Crippen molar-refractivity contribution >= 4 is 17.6 Å². The number of hydrogen-bond donors (Lipinski definition) is 1. The molecule has 2 aromatic carbocycles. The Hall–Kier alpha value is -3.73. The van der Waals surface area contributed by atoms with E-state index >= 15 is 0 Å². The molecule has 32 heavy (non-hydrogen) atoms. The van der Waals surface area contributed by atoms with Crippen LogP contribution in [-0.4, -0.2) is 21.7 Å². The van der Waals surface area contributed by atoms with E-state index in [0.29, 0.717) is 31.7 Å². The number of rotatable bonds is 7. The molecular formula is C27H27N3O2. The van der Waals surface area contributed by atoms with E-state index < -0.39 is 11.8 Å². The van der Waals surface area contributed by atoms with Crippen molar-refractivity contribution in [1.29, 1.82) is 0 Å². The Bertz CT molecular complexity index is 1010. The van der Waals surface area contributed by atoms with Gasteiger partial charge in [0.15, 0.2) is 0 Å². The Balaban J connectivity index is 1.55. The van der Waals surface area contributed by atoms with E-state index in [9.17, 15) is 9.59 Å². The fraction of sp³-hybridized carbons (Fsp3) is 0.222. The summed E-state index contributed by atoms with van der Waals surface area (Å²) in [6.07, 6.45) is 6.74. The van der Waals surface area contributed by atoms with Crippen molar-refractivity contribution in [2.75, 3.05) is 5.32 Å². The van der Waals surface area contributed by atoms with Crippen molar-refractivity contribution in [3.63, 3.8) is 0 Å². The van der Waals surface area contributed by atoms with E-state index in [4.69, 9.17) is 0 Å². The Morgan fingerprint density at radius 2 is 1.34 bits per heavy atom. The van der Waals surface area contributed by atoms with Gasteiger partial charge in [-0.3, -0.25) is 9.59 Å². The first-order valence-corrected chi connectivity index (χ1v) is 10.9. The number of amides is 2. The number of hydrogen-bond acceptors (Lipinski definition) is 3. The first kappa shape index (κ1) is 21.5. The third kappa shape index (κ3) is 5.49. The number of pyridine rings is 1. The zero-order valence-corrected chi connectivity index (χ0v) is 17.9.